The summed E-state index contributed by atoms with van der Waals surface area (Å²) in [5.74, 6) is 0. The second-order valence-corrected chi connectivity index (χ2v) is 2.86. The minimum atomic E-state index is 0.953. The van der Waals surface area contributed by atoms with Crippen LogP contribution in [0.2, 0.25) is 0 Å². The van der Waals surface area contributed by atoms with E-state index in [-0.39, 0.29) is 0 Å². The minimum Gasteiger partial charge on any atom is -0.256 e. The molecular formula is C12H10N. The molecule has 0 atom stereocenters. The van der Waals surface area contributed by atoms with Crippen molar-refractivity contribution in [2.24, 2.45) is 0 Å². The molecule has 2 aromatic rings. The number of rotatable bonds is 1. The van der Waals surface area contributed by atoms with Gasteiger partial charge >= 0.3 is 0 Å². The van der Waals surface area contributed by atoms with Crippen molar-refractivity contribution in [1.82, 2.24) is 4.98 Å². The van der Waals surface area contributed by atoms with Gasteiger partial charge in [0.25, 0.3) is 0 Å². The molecule has 0 aliphatic carbocycles. The molecule has 1 heterocycles. The predicted molar refractivity (Wildman–Crippen MR) is 56.1 cm³/mol. The molecule has 0 aliphatic rings. The summed E-state index contributed by atoms with van der Waals surface area (Å²) in [6, 6.07) is 10.2. The lowest BCUT2D eigenvalue weighted by atomic mass is 10.1. The van der Waals surface area contributed by atoms with Gasteiger partial charge in [-0.2, -0.15) is 0 Å². The largest absolute Gasteiger partial charge is 0.256 e. The van der Waals surface area contributed by atoms with Crippen LogP contribution in [0.5, 0.6) is 0 Å². The number of hydrogen-bond donors (Lipinski definition) is 0. The molecule has 1 radical (unpaired) electrons. The average molecular weight is 168 g/mol. The summed E-state index contributed by atoms with van der Waals surface area (Å²) in [5, 5.41) is 2.38. The van der Waals surface area contributed by atoms with Crippen molar-refractivity contribution in [2.75, 3.05) is 0 Å². The number of aromatic nitrogens is 1. The van der Waals surface area contributed by atoms with Crippen LogP contribution < -0.4 is 0 Å². The van der Waals surface area contributed by atoms with Crippen LogP contribution in [0.25, 0.3) is 16.8 Å². The first-order valence-electron chi connectivity index (χ1n) is 4.21. The van der Waals surface area contributed by atoms with Crippen LogP contribution in [0, 0.1) is 6.92 Å². The van der Waals surface area contributed by atoms with Gasteiger partial charge < -0.3 is 0 Å². The zero-order valence-corrected chi connectivity index (χ0v) is 7.27. The molecule has 1 aromatic heterocycles. The van der Waals surface area contributed by atoms with Gasteiger partial charge in [-0.3, -0.25) is 4.98 Å². The molecule has 0 saturated carbocycles. The Morgan fingerprint density at radius 1 is 1.15 bits per heavy atom. The Morgan fingerprint density at radius 3 is 2.69 bits per heavy atom. The van der Waals surface area contributed by atoms with Gasteiger partial charge in [-0.15, -0.1) is 0 Å². The van der Waals surface area contributed by atoms with Gasteiger partial charge in [-0.05, 0) is 24.5 Å². The maximum atomic E-state index is 4.27. The smallest absolute Gasteiger partial charge is 0.0632 e. The molecule has 0 unspecified atom stereocenters. The molecule has 2 rings (SSSR count). The van der Waals surface area contributed by atoms with E-state index in [0.717, 1.165) is 5.69 Å². The Balaban J connectivity index is 2.62. The van der Waals surface area contributed by atoms with Crippen molar-refractivity contribution in [3.05, 3.63) is 55.2 Å². The van der Waals surface area contributed by atoms with Crippen LogP contribution >= 0.6 is 0 Å². The number of nitrogens with zero attached hydrogens (tertiary/aromatic N) is 1. The van der Waals surface area contributed by atoms with Gasteiger partial charge in [-0.1, -0.05) is 30.3 Å². The van der Waals surface area contributed by atoms with Crippen LogP contribution in [0.15, 0.2) is 42.6 Å². The van der Waals surface area contributed by atoms with Gasteiger partial charge in [0.05, 0.1) is 5.69 Å². The Labute approximate surface area is 77.7 Å². The third kappa shape index (κ3) is 1.59. The van der Waals surface area contributed by atoms with E-state index >= 15 is 0 Å². The fourth-order valence-corrected chi connectivity index (χ4v) is 1.31. The molecule has 1 nitrogen and oxygen atoms in total. The molecule has 0 bridgehead atoms. The first-order valence-corrected chi connectivity index (χ1v) is 4.21. The quantitative estimate of drug-likeness (QED) is 0.637. The Bertz CT molecular complexity index is 444. The SMILES string of the molecule is [CH2]C=Cc1cc2ccccc2cn1. The van der Waals surface area contributed by atoms with Crippen LogP contribution in [0.4, 0.5) is 0 Å². The van der Waals surface area contributed by atoms with E-state index in [4.69, 9.17) is 0 Å². The second-order valence-electron chi connectivity index (χ2n) is 2.86. The lowest BCUT2D eigenvalue weighted by Crippen LogP contribution is -1.80. The van der Waals surface area contributed by atoms with Crippen molar-refractivity contribution in [3.8, 4) is 0 Å². The van der Waals surface area contributed by atoms with E-state index in [2.05, 4.69) is 30.1 Å². The molecular weight excluding hydrogens is 158 g/mol. The first-order chi connectivity index (χ1) is 6.40. The number of hydrogen-bond acceptors (Lipinski definition) is 1. The van der Waals surface area contributed by atoms with E-state index in [1.807, 2.05) is 24.4 Å². The fraction of sp³-hybridized carbons (Fsp3) is 0. The van der Waals surface area contributed by atoms with Crippen molar-refractivity contribution in [3.63, 3.8) is 0 Å². The lowest BCUT2D eigenvalue weighted by Gasteiger charge is -1.97. The number of benzene rings is 1. The highest BCUT2D eigenvalue weighted by molar-refractivity contribution is 5.83. The third-order valence-electron chi connectivity index (χ3n) is 1.94. The monoisotopic (exact) mass is 168 g/mol. The maximum Gasteiger partial charge on any atom is 0.0632 e. The number of pyridine rings is 1. The van der Waals surface area contributed by atoms with Crippen LogP contribution in [-0.2, 0) is 0 Å². The average Bonchev–Trinajstić information content (AvgIpc) is 2.18. The summed E-state index contributed by atoms with van der Waals surface area (Å²) in [7, 11) is 0. The van der Waals surface area contributed by atoms with Gasteiger partial charge in [0.2, 0.25) is 0 Å². The fourth-order valence-electron chi connectivity index (χ4n) is 1.31. The number of allylic oxidation sites excluding steroid dienone is 1. The van der Waals surface area contributed by atoms with Gasteiger partial charge in [-0.25, -0.2) is 0 Å². The first kappa shape index (κ1) is 7.99. The standard InChI is InChI=1S/C12H10N/c1-2-5-12-8-10-6-3-4-7-11(10)9-13-12/h2-9H,1H2. The summed E-state index contributed by atoms with van der Waals surface area (Å²) < 4.78 is 0. The van der Waals surface area contributed by atoms with Crippen LogP contribution in [0.3, 0.4) is 0 Å². The maximum absolute atomic E-state index is 4.27. The highest BCUT2D eigenvalue weighted by Gasteiger charge is 1.92. The second kappa shape index (κ2) is 3.40. The molecule has 0 fully saturated rings. The van der Waals surface area contributed by atoms with E-state index in [9.17, 15) is 0 Å². The molecule has 1 heteroatoms. The van der Waals surface area contributed by atoms with Crippen molar-refractivity contribution in [2.45, 2.75) is 0 Å². The van der Waals surface area contributed by atoms with Gasteiger partial charge in [0.1, 0.15) is 0 Å². The summed E-state index contributed by atoms with van der Waals surface area (Å²) in [5.41, 5.74) is 0.953. The third-order valence-corrected chi connectivity index (χ3v) is 1.94. The highest BCUT2D eigenvalue weighted by atomic mass is 14.7. The zero-order chi connectivity index (χ0) is 9.10. The Kier molecular flexibility index (Phi) is 2.09. The molecule has 0 spiro atoms. The molecule has 0 amide bonds. The predicted octanol–water partition coefficient (Wildman–Crippen LogP) is 3.08. The molecule has 0 aliphatic heterocycles. The summed E-state index contributed by atoms with van der Waals surface area (Å²) in [4.78, 5) is 4.27. The minimum absolute atomic E-state index is 0.953. The molecule has 1 aromatic carbocycles. The zero-order valence-electron chi connectivity index (χ0n) is 7.27. The summed E-state index contributed by atoms with van der Waals surface area (Å²) in [6.07, 6.45) is 5.52. The van der Waals surface area contributed by atoms with Gasteiger partial charge in [0.15, 0.2) is 0 Å². The highest BCUT2D eigenvalue weighted by Crippen LogP contribution is 2.13. The van der Waals surface area contributed by atoms with Gasteiger partial charge in [0, 0.05) is 11.6 Å². The molecule has 13 heavy (non-hydrogen) atoms. The van der Waals surface area contributed by atoms with Crippen LogP contribution in [-0.4, -0.2) is 4.98 Å². The van der Waals surface area contributed by atoms with E-state index < -0.39 is 0 Å². The number of fused-ring (bicyclic) bond motifs is 1. The summed E-state index contributed by atoms with van der Waals surface area (Å²) in [6.45, 7) is 3.64. The molecule has 0 saturated heterocycles. The topological polar surface area (TPSA) is 12.9 Å². The van der Waals surface area contributed by atoms with E-state index in [1.165, 1.54) is 10.8 Å². The van der Waals surface area contributed by atoms with Crippen molar-refractivity contribution < 1.29 is 0 Å². The molecule has 63 valence electrons. The van der Waals surface area contributed by atoms with E-state index in [0.29, 0.717) is 0 Å². The lowest BCUT2D eigenvalue weighted by molar-refractivity contribution is 1.33. The van der Waals surface area contributed by atoms with Crippen molar-refractivity contribution >= 4 is 16.8 Å². The van der Waals surface area contributed by atoms with Crippen molar-refractivity contribution in [1.29, 1.82) is 0 Å². The van der Waals surface area contributed by atoms with Crippen LogP contribution in [0.1, 0.15) is 5.69 Å². The molecule has 0 N–H and O–H groups in total. The Hall–Kier alpha value is -1.63. The summed E-state index contributed by atoms with van der Waals surface area (Å²) >= 11 is 0. The van der Waals surface area contributed by atoms with E-state index in [1.54, 1.807) is 6.08 Å². The normalized spacial score (nSPS) is 11.2. The Morgan fingerprint density at radius 2 is 1.92 bits per heavy atom.